The first-order valence-electron chi connectivity index (χ1n) is 8.05. The van der Waals surface area contributed by atoms with E-state index < -0.39 is 0 Å². The minimum absolute atomic E-state index is 0.349. The molecule has 2 aliphatic heterocycles. The molecule has 1 N–H and O–H groups in total. The van der Waals surface area contributed by atoms with Crippen LogP contribution in [0.4, 0.5) is 0 Å². The largest absolute Gasteiger partial charge is 0.342 e. The topological polar surface area (TPSA) is 35.6 Å². The number of nitrogens with one attached hydrogen (secondary N) is 1. The summed E-state index contributed by atoms with van der Waals surface area (Å²) in [5.41, 5.74) is 0. The average Bonchev–Trinajstić information content (AvgIpc) is 3.09. The van der Waals surface area contributed by atoms with Gasteiger partial charge in [-0.3, -0.25) is 9.69 Å². The Bertz CT molecular complexity index is 303. The molecule has 0 aromatic carbocycles. The third-order valence-electron chi connectivity index (χ3n) is 4.80. The molecule has 0 atom stereocenters. The Balaban J connectivity index is 1.33. The first-order chi connectivity index (χ1) is 9.31. The van der Waals surface area contributed by atoms with Crippen LogP contribution in [-0.2, 0) is 4.79 Å². The van der Waals surface area contributed by atoms with Crippen LogP contribution in [0.5, 0.6) is 0 Å². The molecule has 3 rings (SSSR count). The lowest BCUT2D eigenvalue weighted by Gasteiger charge is -2.33. The SMILES string of the molecule is O=C(CN1CCC(NCC2CC2)CC1)N1CCCC1. The van der Waals surface area contributed by atoms with Crippen molar-refractivity contribution in [2.75, 3.05) is 39.3 Å². The van der Waals surface area contributed by atoms with E-state index in [-0.39, 0.29) is 0 Å². The fourth-order valence-electron chi connectivity index (χ4n) is 3.21. The highest BCUT2D eigenvalue weighted by molar-refractivity contribution is 5.78. The Morgan fingerprint density at radius 1 is 1.00 bits per heavy atom. The second-order valence-corrected chi connectivity index (χ2v) is 6.49. The predicted octanol–water partition coefficient (Wildman–Crippen LogP) is 1.07. The van der Waals surface area contributed by atoms with Crippen molar-refractivity contribution in [1.29, 1.82) is 0 Å². The van der Waals surface area contributed by atoms with Crippen molar-refractivity contribution in [2.24, 2.45) is 5.92 Å². The summed E-state index contributed by atoms with van der Waals surface area (Å²) in [7, 11) is 0. The molecule has 0 bridgehead atoms. The lowest BCUT2D eigenvalue weighted by molar-refractivity contribution is -0.131. The molecule has 0 radical (unpaired) electrons. The van der Waals surface area contributed by atoms with Crippen LogP contribution >= 0.6 is 0 Å². The van der Waals surface area contributed by atoms with Crippen molar-refractivity contribution < 1.29 is 4.79 Å². The summed E-state index contributed by atoms with van der Waals surface area (Å²) in [6, 6.07) is 0.693. The molecule has 0 aromatic rings. The number of hydrogen-bond acceptors (Lipinski definition) is 3. The summed E-state index contributed by atoms with van der Waals surface area (Å²) in [4.78, 5) is 16.5. The standard InChI is InChI=1S/C15H27N3O/c19-15(18-7-1-2-8-18)12-17-9-5-14(6-10-17)16-11-13-3-4-13/h13-14,16H,1-12H2. The van der Waals surface area contributed by atoms with Crippen LogP contribution in [0.25, 0.3) is 0 Å². The van der Waals surface area contributed by atoms with Crippen LogP contribution < -0.4 is 5.32 Å². The summed E-state index contributed by atoms with van der Waals surface area (Å²) < 4.78 is 0. The minimum Gasteiger partial charge on any atom is -0.342 e. The van der Waals surface area contributed by atoms with Gasteiger partial charge in [0.25, 0.3) is 0 Å². The van der Waals surface area contributed by atoms with Gasteiger partial charge in [-0.15, -0.1) is 0 Å². The molecule has 4 heteroatoms. The number of amides is 1. The van der Waals surface area contributed by atoms with E-state index in [0.29, 0.717) is 18.5 Å². The molecular weight excluding hydrogens is 238 g/mol. The second kappa shape index (κ2) is 6.23. The highest BCUT2D eigenvalue weighted by atomic mass is 16.2. The number of carbonyl (C=O) groups is 1. The summed E-state index contributed by atoms with van der Waals surface area (Å²) in [5, 5.41) is 3.69. The molecular formula is C15H27N3O. The Labute approximate surface area is 116 Å². The molecule has 0 spiro atoms. The van der Waals surface area contributed by atoms with Crippen LogP contribution in [0, 0.1) is 5.92 Å². The average molecular weight is 265 g/mol. The van der Waals surface area contributed by atoms with Gasteiger partial charge in [0.15, 0.2) is 0 Å². The maximum absolute atomic E-state index is 12.1. The van der Waals surface area contributed by atoms with Crippen molar-refractivity contribution in [2.45, 2.75) is 44.6 Å². The van der Waals surface area contributed by atoms with Crippen molar-refractivity contribution in [3.8, 4) is 0 Å². The van der Waals surface area contributed by atoms with Gasteiger partial charge in [-0.1, -0.05) is 0 Å². The summed E-state index contributed by atoms with van der Waals surface area (Å²) in [6.45, 7) is 6.01. The van der Waals surface area contributed by atoms with Gasteiger partial charge in [0, 0.05) is 32.2 Å². The van der Waals surface area contributed by atoms with E-state index in [9.17, 15) is 4.79 Å². The number of rotatable bonds is 5. The molecule has 3 aliphatic rings. The van der Waals surface area contributed by atoms with E-state index in [0.717, 1.165) is 32.1 Å². The Morgan fingerprint density at radius 2 is 1.68 bits per heavy atom. The highest BCUT2D eigenvalue weighted by Gasteiger charge is 2.26. The van der Waals surface area contributed by atoms with Crippen molar-refractivity contribution >= 4 is 5.91 Å². The van der Waals surface area contributed by atoms with Crippen molar-refractivity contribution in [3.63, 3.8) is 0 Å². The molecule has 1 aliphatic carbocycles. The third-order valence-corrected chi connectivity index (χ3v) is 4.80. The van der Waals surface area contributed by atoms with E-state index in [1.807, 2.05) is 4.90 Å². The van der Waals surface area contributed by atoms with E-state index in [1.54, 1.807) is 0 Å². The van der Waals surface area contributed by atoms with Crippen LogP contribution in [0.3, 0.4) is 0 Å². The number of nitrogens with zero attached hydrogens (tertiary/aromatic N) is 2. The molecule has 3 fully saturated rings. The molecule has 4 nitrogen and oxygen atoms in total. The van der Waals surface area contributed by atoms with Gasteiger partial charge in [0.1, 0.15) is 0 Å². The summed E-state index contributed by atoms with van der Waals surface area (Å²) in [5.74, 6) is 1.32. The third kappa shape index (κ3) is 3.93. The molecule has 1 saturated carbocycles. The predicted molar refractivity (Wildman–Crippen MR) is 76.0 cm³/mol. The van der Waals surface area contributed by atoms with Crippen molar-refractivity contribution in [1.82, 2.24) is 15.1 Å². The number of piperidine rings is 1. The minimum atomic E-state index is 0.349. The molecule has 2 saturated heterocycles. The first-order valence-corrected chi connectivity index (χ1v) is 8.05. The van der Waals surface area contributed by atoms with Gasteiger partial charge in [-0.05, 0) is 51.0 Å². The quantitative estimate of drug-likeness (QED) is 0.808. The zero-order valence-corrected chi connectivity index (χ0v) is 11.9. The van der Waals surface area contributed by atoms with Crippen LogP contribution in [0.1, 0.15) is 38.5 Å². The van der Waals surface area contributed by atoms with E-state index in [1.165, 1.54) is 45.1 Å². The second-order valence-electron chi connectivity index (χ2n) is 6.49. The van der Waals surface area contributed by atoms with E-state index in [2.05, 4.69) is 10.2 Å². The summed E-state index contributed by atoms with van der Waals surface area (Å²) in [6.07, 6.45) is 7.66. The maximum Gasteiger partial charge on any atom is 0.236 e. The van der Waals surface area contributed by atoms with Crippen molar-refractivity contribution in [3.05, 3.63) is 0 Å². The highest BCUT2D eigenvalue weighted by Crippen LogP contribution is 2.28. The van der Waals surface area contributed by atoms with Gasteiger partial charge >= 0.3 is 0 Å². The van der Waals surface area contributed by atoms with Crippen LogP contribution in [-0.4, -0.2) is 61.0 Å². The Kier molecular flexibility index (Phi) is 4.38. The molecule has 19 heavy (non-hydrogen) atoms. The number of carbonyl (C=O) groups excluding carboxylic acids is 1. The van der Waals surface area contributed by atoms with Gasteiger partial charge in [-0.2, -0.15) is 0 Å². The van der Waals surface area contributed by atoms with Crippen LogP contribution in [0.2, 0.25) is 0 Å². The molecule has 1 amide bonds. The normalized spacial score (nSPS) is 26.0. The molecule has 2 heterocycles. The van der Waals surface area contributed by atoms with Gasteiger partial charge in [-0.25, -0.2) is 0 Å². The monoisotopic (exact) mass is 265 g/mol. The summed E-state index contributed by atoms with van der Waals surface area (Å²) >= 11 is 0. The van der Waals surface area contributed by atoms with E-state index in [4.69, 9.17) is 0 Å². The van der Waals surface area contributed by atoms with E-state index >= 15 is 0 Å². The lowest BCUT2D eigenvalue weighted by Crippen LogP contribution is -2.46. The van der Waals surface area contributed by atoms with Crippen LogP contribution in [0.15, 0.2) is 0 Å². The zero-order valence-electron chi connectivity index (χ0n) is 11.9. The molecule has 108 valence electrons. The molecule has 0 unspecified atom stereocenters. The molecule has 0 aromatic heterocycles. The first kappa shape index (κ1) is 13.4. The van der Waals surface area contributed by atoms with Gasteiger partial charge in [0.2, 0.25) is 5.91 Å². The number of hydrogen-bond donors (Lipinski definition) is 1. The number of likely N-dealkylation sites (tertiary alicyclic amines) is 2. The zero-order chi connectivity index (χ0) is 13.1. The van der Waals surface area contributed by atoms with Gasteiger partial charge in [0.05, 0.1) is 6.54 Å². The Hall–Kier alpha value is -0.610. The van der Waals surface area contributed by atoms with Gasteiger partial charge < -0.3 is 10.2 Å². The smallest absolute Gasteiger partial charge is 0.236 e. The fourth-order valence-corrected chi connectivity index (χ4v) is 3.21. The lowest BCUT2D eigenvalue weighted by atomic mass is 10.0. The maximum atomic E-state index is 12.1. The fraction of sp³-hybridized carbons (Fsp3) is 0.933. The Morgan fingerprint density at radius 3 is 2.32 bits per heavy atom.